The summed E-state index contributed by atoms with van der Waals surface area (Å²) in [7, 11) is 1.38. The Labute approximate surface area is 87.0 Å². The van der Waals surface area contributed by atoms with E-state index in [1.54, 1.807) is 0 Å². The Morgan fingerprint density at radius 1 is 1.21 bits per heavy atom. The molecule has 0 unspecified atom stereocenters. The molecule has 0 aromatic heterocycles. The molecule has 2 heteroatoms. The number of rotatable bonds is 6. The lowest BCUT2D eigenvalue weighted by atomic mass is 10.1. The second-order valence-corrected chi connectivity index (χ2v) is 3.12. The zero-order valence-corrected chi connectivity index (χ0v) is 8.97. The van der Waals surface area contributed by atoms with Gasteiger partial charge in [0.15, 0.2) is 0 Å². The zero-order chi connectivity index (χ0) is 10.6. The van der Waals surface area contributed by atoms with Crippen LogP contribution in [0.3, 0.4) is 0 Å². The van der Waals surface area contributed by atoms with E-state index >= 15 is 0 Å². The van der Waals surface area contributed by atoms with Crippen LogP contribution in [0, 0.1) is 18.8 Å². The van der Waals surface area contributed by atoms with Gasteiger partial charge < -0.3 is 4.74 Å². The molecule has 0 atom stereocenters. The number of ether oxygens (including phenoxy) is 1. The molecule has 0 aliphatic carbocycles. The second-order valence-electron chi connectivity index (χ2n) is 3.12. The topological polar surface area (TPSA) is 26.3 Å². The normalized spacial score (nSPS) is 9.00. The van der Waals surface area contributed by atoms with E-state index in [2.05, 4.69) is 23.5 Å². The standard InChI is InChI=1S/C12H19O2/c1-3-4-5-6-7-8-9-10-11-12(13)14-2/h1,3-8,11H2,2H3. The first-order chi connectivity index (χ1) is 6.81. The van der Waals surface area contributed by atoms with Crippen molar-refractivity contribution in [2.45, 2.75) is 44.9 Å². The van der Waals surface area contributed by atoms with Crippen LogP contribution in [0.2, 0.25) is 0 Å². The van der Waals surface area contributed by atoms with Gasteiger partial charge in [-0.3, -0.25) is 4.79 Å². The Kier molecular flexibility index (Phi) is 9.41. The van der Waals surface area contributed by atoms with Crippen molar-refractivity contribution in [3.63, 3.8) is 0 Å². The Bertz CT molecular complexity index is 198. The molecule has 0 amide bonds. The molecular weight excluding hydrogens is 176 g/mol. The number of esters is 1. The van der Waals surface area contributed by atoms with Crippen molar-refractivity contribution in [3.05, 3.63) is 6.92 Å². The monoisotopic (exact) mass is 195 g/mol. The van der Waals surface area contributed by atoms with Crippen LogP contribution in [0.25, 0.3) is 0 Å². The van der Waals surface area contributed by atoms with Gasteiger partial charge in [-0.05, 0) is 6.42 Å². The molecule has 0 aromatic rings. The van der Waals surface area contributed by atoms with Crippen LogP contribution in [-0.4, -0.2) is 13.1 Å². The molecule has 0 aromatic carbocycles. The number of hydrogen-bond donors (Lipinski definition) is 0. The van der Waals surface area contributed by atoms with Gasteiger partial charge in [0.1, 0.15) is 6.42 Å². The summed E-state index contributed by atoms with van der Waals surface area (Å²) in [5.74, 6) is 5.50. The van der Waals surface area contributed by atoms with Crippen molar-refractivity contribution in [2.75, 3.05) is 7.11 Å². The van der Waals surface area contributed by atoms with Crippen LogP contribution in [0.15, 0.2) is 0 Å². The summed E-state index contributed by atoms with van der Waals surface area (Å²) >= 11 is 0. The number of unbranched alkanes of at least 4 members (excludes halogenated alkanes) is 5. The Morgan fingerprint density at radius 2 is 1.93 bits per heavy atom. The van der Waals surface area contributed by atoms with Gasteiger partial charge in [0, 0.05) is 6.42 Å². The van der Waals surface area contributed by atoms with E-state index in [9.17, 15) is 4.79 Å². The van der Waals surface area contributed by atoms with Gasteiger partial charge >= 0.3 is 5.97 Å². The maximum atomic E-state index is 10.7. The summed E-state index contributed by atoms with van der Waals surface area (Å²) in [5, 5.41) is 0. The maximum absolute atomic E-state index is 10.7. The molecule has 0 bridgehead atoms. The lowest BCUT2D eigenvalue weighted by Crippen LogP contribution is -1.96. The lowest BCUT2D eigenvalue weighted by molar-refractivity contribution is -0.139. The van der Waals surface area contributed by atoms with Crippen LogP contribution in [-0.2, 0) is 9.53 Å². The highest BCUT2D eigenvalue weighted by atomic mass is 16.5. The molecular formula is C12H19O2. The molecule has 14 heavy (non-hydrogen) atoms. The summed E-state index contributed by atoms with van der Waals surface area (Å²) in [5.41, 5.74) is 0. The Morgan fingerprint density at radius 3 is 2.57 bits per heavy atom. The minimum atomic E-state index is -0.255. The third-order valence-electron chi connectivity index (χ3n) is 1.89. The third-order valence-corrected chi connectivity index (χ3v) is 1.89. The lowest BCUT2D eigenvalue weighted by Gasteiger charge is -1.94. The highest BCUT2D eigenvalue weighted by Gasteiger charge is 1.92. The molecule has 0 heterocycles. The van der Waals surface area contributed by atoms with Crippen LogP contribution < -0.4 is 0 Å². The van der Waals surface area contributed by atoms with Crippen LogP contribution in [0.5, 0.6) is 0 Å². The van der Waals surface area contributed by atoms with Crippen molar-refractivity contribution >= 4 is 5.97 Å². The van der Waals surface area contributed by atoms with Crippen LogP contribution in [0.4, 0.5) is 0 Å². The summed E-state index contributed by atoms with van der Waals surface area (Å²) < 4.78 is 4.46. The van der Waals surface area contributed by atoms with Crippen LogP contribution >= 0.6 is 0 Å². The van der Waals surface area contributed by atoms with E-state index in [-0.39, 0.29) is 12.4 Å². The summed E-state index contributed by atoms with van der Waals surface area (Å²) in [6, 6.07) is 0. The molecule has 0 aliphatic heterocycles. The Hall–Kier alpha value is -0.970. The molecule has 0 rings (SSSR count). The second kappa shape index (κ2) is 10.1. The number of carbonyl (C=O) groups excluding carboxylic acids is 1. The highest BCUT2D eigenvalue weighted by molar-refractivity contribution is 5.72. The SMILES string of the molecule is [CH2]CCCCCCC#CCC(=O)OC. The first-order valence-corrected chi connectivity index (χ1v) is 5.13. The predicted octanol–water partition coefficient (Wildman–Crippen LogP) is 2.73. The molecule has 0 aliphatic rings. The molecule has 79 valence electrons. The average Bonchev–Trinajstić information content (AvgIpc) is 2.21. The van der Waals surface area contributed by atoms with Crippen molar-refractivity contribution in [3.8, 4) is 11.8 Å². The molecule has 0 saturated heterocycles. The van der Waals surface area contributed by atoms with Gasteiger partial charge in [-0.15, -0.1) is 5.92 Å². The molecule has 0 fully saturated rings. The largest absolute Gasteiger partial charge is 0.468 e. The minimum Gasteiger partial charge on any atom is -0.468 e. The predicted molar refractivity (Wildman–Crippen MR) is 57.5 cm³/mol. The average molecular weight is 195 g/mol. The van der Waals surface area contributed by atoms with E-state index in [0.29, 0.717) is 0 Å². The summed E-state index contributed by atoms with van der Waals surface area (Å²) in [4.78, 5) is 10.7. The Balaban J connectivity index is 3.22. The maximum Gasteiger partial charge on any atom is 0.317 e. The van der Waals surface area contributed by atoms with Crippen molar-refractivity contribution < 1.29 is 9.53 Å². The smallest absolute Gasteiger partial charge is 0.317 e. The fraction of sp³-hybridized carbons (Fsp3) is 0.667. The van der Waals surface area contributed by atoms with E-state index in [1.165, 1.54) is 26.4 Å². The third kappa shape index (κ3) is 9.12. The van der Waals surface area contributed by atoms with Gasteiger partial charge in [0.2, 0.25) is 0 Å². The van der Waals surface area contributed by atoms with E-state index < -0.39 is 0 Å². The van der Waals surface area contributed by atoms with Crippen LogP contribution in [0.1, 0.15) is 44.9 Å². The number of methoxy groups -OCH3 is 1. The fourth-order valence-electron chi connectivity index (χ4n) is 1.04. The molecule has 0 saturated carbocycles. The first kappa shape index (κ1) is 13.0. The summed E-state index contributed by atoms with van der Waals surface area (Å²) in [6.07, 6.45) is 6.89. The van der Waals surface area contributed by atoms with Crippen molar-refractivity contribution in [1.29, 1.82) is 0 Å². The minimum absolute atomic E-state index is 0.218. The van der Waals surface area contributed by atoms with Gasteiger partial charge in [0.05, 0.1) is 7.11 Å². The zero-order valence-electron chi connectivity index (χ0n) is 8.97. The molecule has 1 radical (unpaired) electrons. The number of hydrogen-bond acceptors (Lipinski definition) is 2. The van der Waals surface area contributed by atoms with E-state index in [0.717, 1.165) is 19.3 Å². The first-order valence-electron chi connectivity index (χ1n) is 5.13. The fourth-order valence-corrected chi connectivity index (χ4v) is 1.04. The van der Waals surface area contributed by atoms with E-state index in [4.69, 9.17) is 0 Å². The van der Waals surface area contributed by atoms with Gasteiger partial charge in [-0.25, -0.2) is 0 Å². The van der Waals surface area contributed by atoms with Gasteiger partial charge in [0.25, 0.3) is 0 Å². The van der Waals surface area contributed by atoms with Crippen molar-refractivity contribution in [2.24, 2.45) is 0 Å². The molecule has 0 spiro atoms. The van der Waals surface area contributed by atoms with E-state index in [1.807, 2.05) is 0 Å². The van der Waals surface area contributed by atoms with Gasteiger partial charge in [-0.2, -0.15) is 0 Å². The quantitative estimate of drug-likeness (QED) is 0.370. The summed E-state index contributed by atoms with van der Waals surface area (Å²) in [6.45, 7) is 3.78. The molecule has 0 N–H and O–H groups in total. The number of carbonyl (C=O) groups is 1. The molecule has 2 nitrogen and oxygen atoms in total. The van der Waals surface area contributed by atoms with Gasteiger partial charge in [-0.1, -0.05) is 38.5 Å². The highest BCUT2D eigenvalue weighted by Crippen LogP contribution is 2.03. The van der Waals surface area contributed by atoms with Crippen molar-refractivity contribution in [1.82, 2.24) is 0 Å².